The van der Waals surface area contributed by atoms with Crippen molar-refractivity contribution >= 4 is 40.7 Å². The standard InChI is InChI=1S/C25H19ClFN3O3/c26-21-22(25(33)30(24(21)32)20-12-8-18(27)9-13-20)29-19-10-6-17(7-11-19)23(31)28-15-14-16-4-2-1-3-5-16/h1-13,29H,14-15H2,(H,28,31). The van der Waals surface area contributed by atoms with E-state index in [2.05, 4.69) is 10.6 Å². The summed E-state index contributed by atoms with van der Waals surface area (Å²) in [6, 6.07) is 21.2. The molecule has 0 unspecified atom stereocenters. The van der Waals surface area contributed by atoms with Gasteiger partial charge in [0.1, 0.15) is 16.5 Å². The lowest BCUT2D eigenvalue weighted by atomic mass is 10.1. The molecule has 0 aliphatic carbocycles. The van der Waals surface area contributed by atoms with Crippen LogP contribution >= 0.6 is 11.6 Å². The average molecular weight is 464 g/mol. The Morgan fingerprint density at radius 2 is 1.55 bits per heavy atom. The number of anilines is 2. The fourth-order valence-electron chi connectivity index (χ4n) is 3.35. The van der Waals surface area contributed by atoms with E-state index in [4.69, 9.17) is 11.6 Å². The van der Waals surface area contributed by atoms with Crippen molar-refractivity contribution < 1.29 is 18.8 Å². The van der Waals surface area contributed by atoms with Crippen LogP contribution in [0.15, 0.2) is 89.6 Å². The van der Waals surface area contributed by atoms with Crippen molar-refractivity contribution in [3.8, 4) is 0 Å². The lowest BCUT2D eigenvalue weighted by molar-refractivity contribution is -0.120. The van der Waals surface area contributed by atoms with E-state index < -0.39 is 17.6 Å². The van der Waals surface area contributed by atoms with Crippen LogP contribution in [0.5, 0.6) is 0 Å². The molecule has 0 fully saturated rings. The number of rotatable bonds is 7. The second kappa shape index (κ2) is 9.67. The Hall–Kier alpha value is -3.97. The fourth-order valence-corrected chi connectivity index (χ4v) is 3.56. The Balaban J connectivity index is 1.39. The molecule has 1 heterocycles. The molecule has 0 atom stereocenters. The number of nitrogens with one attached hydrogen (secondary N) is 2. The third-order valence-electron chi connectivity index (χ3n) is 5.07. The molecule has 2 N–H and O–H groups in total. The zero-order chi connectivity index (χ0) is 23.4. The molecule has 0 spiro atoms. The van der Waals surface area contributed by atoms with E-state index in [9.17, 15) is 18.8 Å². The van der Waals surface area contributed by atoms with Crippen molar-refractivity contribution in [1.82, 2.24) is 5.32 Å². The summed E-state index contributed by atoms with van der Waals surface area (Å²) >= 11 is 6.11. The highest BCUT2D eigenvalue weighted by Gasteiger charge is 2.38. The number of hydrogen-bond donors (Lipinski definition) is 2. The predicted molar refractivity (Wildman–Crippen MR) is 124 cm³/mol. The van der Waals surface area contributed by atoms with Gasteiger partial charge < -0.3 is 10.6 Å². The number of nitrogens with zero attached hydrogens (tertiary/aromatic N) is 1. The van der Waals surface area contributed by atoms with Crippen LogP contribution in [0.25, 0.3) is 0 Å². The van der Waals surface area contributed by atoms with Crippen LogP contribution in [0.3, 0.4) is 0 Å². The van der Waals surface area contributed by atoms with Gasteiger partial charge in [-0.25, -0.2) is 9.29 Å². The second-order valence-corrected chi connectivity index (χ2v) is 7.68. The molecular weight excluding hydrogens is 445 g/mol. The molecule has 3 aromatic rings. The smallest absolute Gasteiger partial charge is 0.283 e. The molecule has 0 radical (unpaired) electrons. The summed E-state index contributed by atoms with van der Waals surface area (Å²) < 4.78 is 13.2. The minimum absolute atomic E-state index is 0.0916. The van der Waals surface area contributed by atoms with Gasteiger partial charge in [-0.1, -0.05) is 41.9 Å². The number of benzene rings is 3. The first-order valence-corrected chi connectivity index (χ1v) is 10.5. The minimum atomic E-state index is -0.704. The first kappa shape index (κ1) is 22.2. The molecule has 4 rings (SSSR count). The van der Waals surface area contributed by atoms with Crippen LogP contribution in [-0.4, -0.2) is 24.3 Å². The summed E-state index contributed by atoms with van der Waals surface area (Å²) in [5, 5.41) is 5.44. The van der Waals surface area contributed by atoms with Crippen LogP contribution in [0.2, 0.25) is 0 Å². The number of carbonyl (C=O) groups excluding carboxylic acids is 3. The SMILES string of the molecule is O=C(NCCc1ccccc1)c1ccc(NC2=C(Cl)C(=O)N(c3ccc(F)cc3)C2=O)cc1. The number of imide groups is 1. The van der Waals surface area contributed by atoms with Crippen molar-refractivity contribution in [3.05, 3.63) is 107 Å². The quantitative estimate of drug-likeness (QED) is 0.514. The van der Waals surface area contributed by atoms with E-state index in [1.165, 1.54) is 12.1 Å². The molecule has 0 saturated heterocycles. The topological polar surface area (TPSA) is 78.5 Å². The van der Waals surface area contributed by atoms with E-state index in [1.807, 2.05) is 30.3 Å². The third-order valence-corrected chi connectivity index (χ3v) is 5.42. The molecule has 1 aliphatic heterocycles. The van der Waals surface area contributed by atoms with Crippen LogP contribution in [0.4, 0.5) is 15.8 Å². The van der Waals surface area contributed by atoms with E-state index >= 15 is 0 Å². The van der Waals surface area contributed by atoms with E-state index in [-0.39, 0.29) is 22.3 Å². The van der Waals surface area contributed by atoms with Crippen molar-refractivity contribution in [2.24, 2.45) is 0 Å². The molecule has 0 aromatic heterocycles. The predicted octanol–water partition coefficient (Wildman–Crippen LogP) is 4.23. The van der Waals surface area contributed by atoms with Crippen LogP contribution in [0, 0.1) is 5.82 Å². The number of halogens is 2. The highest BCUT2D eigenvalue weighted by atomic mass is 35.5. The zero-order valence-electron chi connectivity index (χ0n) is 17.3. The maximum absolute atomic E-state index is 13.2. The summed E-state index contributed by atoms with van der Waals surface area (Å²) in [5.41, 5.74) is 2.18. The van der Waals surface area contributed by atoms with Crippen molar-refractivity contribution in [2.45, 2.75) is 6.42 Å². The molecule has 166 valence electrons. The first-order valence-electron chi connectivity index (χ1n) is 10.2. The van der Waals surface area contributed by atoms with E-state index in [1.54, 1.807) is 24.3 Å². The highest BCUT2D eigenvalue weighted by molar-refractivity contribution is 6.53. The molecule has 1 aliphatic rings. The average Bonchev–Trinajstić information content (AvgIpc) is 3.04. The summed E-state index contributed by atoms with van der Waals surface area (Å²) in [4.78, 5) is 38.5. The number of amides is 3. The lowest BCUT2D eigenvalue weighted by Gasteiger charge is -2.15. The Morgan fingerprint density at radius 1 is 0.879 bits per heavy atom. The second-order valence-electron chi connectivity index (χ2n) is 7.30. The molecule has 8 heteroatoms. The van der Waals surface area contributed by atoms with Crippen molar-refractivity contribution in [2.75, 3.05) is 16.8 Å². The van der Waals surface area contributed by atoms with Crippen molar-refractivity contribution in [1.29, 1.82) is 0 Å². The summed E-state index contributed by atoms with van der Waals surface area (Å²) in [5.74, 6) is -2.06. The molecule has 0 bridgehead atoms. The maximum Gasteiger partial charge on any atom is 0.283 e. The third kappa shape index (κ3) is 4.94. The Bertz CT molecular complexity index is 1230. The van der Waals surface area contributed by atoms with Gasteiger partial charge in [0.25, 0.3) is 17.7 Å². The Kier molecular flexibility index (Phi) is 6.51. The zero-order valence-corrected chi connectivity index (χ0v) is 18.1. The van der Waals surface area contributed by atoms with Gasteiger partial charge in [-0.15, -0.1) is 0 Å². The van der Waals surface area contributed by atoms with E-state index in [0.29, 0.717) is 17.8 Å². The highest BCUT2D eigenvalue weighted by Crippen LogP contribution is 2.30. The van der Waals surface area contributed by atoms with Gasteiger partial charge >= 0.3 is 0 Å². The van der Waals surface area contributed by atoms with Crippen LogP contribution < -0.4 is 15.5 Å². The van der Waals surface area contributed by atoms with E-state index in [0.717, 1.165) is 29.0 Å². The largest absolute Gasteiger partial charge is 0.352 e. The first-order chi connectivity index (χ1) is 15.9. The maximum atomic E-state index is 13.2. The van der Waals surface area contributed by atoms with Gasteiger partial charge in [0, 0.05) is 17.8 Å². The Labute approximate surface area is 194 Å². The lowest BCUT2D eigenvalue weighted by Crippen LogP contribution is -2.32. The molecule has 0 saturated carbocycles. The van der Waals surface area contributed by atoms with Gasteiger partial charge in [-0.2, -0.15) is 0 Å². The van der Waals surface area contributed by atoms with Gasteiger partial charge in [0.05, 0.1) is 5.69 Å². The van der Waals surface area contributed by atoms with Gasteiger partial charge in [0.2, 0.25) is 0 Å². The van der Waals surface area contributed by atoms with Crippen LogP contribution in [0.1, 0.15) is 15.9 Å². The number of carbonyl (C=O) groups is 3. The van der Waals surface area contributed by atoms with Crippen LogP contribution in [-0.2, 0) is 16.0 Å². The molecule has 3 aromatic carbocycles. The molecule has 6 nitrogen and oxygen atoms in total. The summed E-state index contributed by atoms with van der Waals surface area (Å²) in [6.07, 6.45) is 0.722. The van der Waals surface area contributed by atoms with Gasteiger partial charge in [-0.3, -0.25) is 14.4 Å². The fraction of sp³-hybridized carbons (Fsp3) is 0.0800. The van der Waals surface area contributed by atoms with Gasteiger partial charge in [0.15, 0.2) is 0 Å². The van der Waals surface area contributed by atoms with Gasteiger partial charge in [-0.05, 0) is 60.5 Å². The summed E-state index contributed by atoms with van der Waals surface area (Å²) in [7, 11) is 0. The normalized spacial score (nSPS) is 13.5. The Morgan fingerprint density at radius 3 is 2.21 bits per heavy atom. The number of hydrogen-bond acceptors (Lipinski definition) is 4. The monoisotopic (exact) mass is 463 g/mol. The van der Waals surface area contributed by atoms with Crippen molar-refractivity contribution in [3.63, 3.8) is 0 Å². The molecule has 33 heavy (non-hydrogen) atoms. The molecular formula is C25H19ClFN3O3. The minimum Gasteiger partial charge on any atom is -0.352 e. The molecule has 3 amide bonds. The summed E-state index contributed by atoms with van der Waals surface area (Å²) in [6.45, 7) is 0.501.